The number of carboxylic acid groups (broad SMARTS) is 1. The quantitative estimate of drug-likeness (QED) is 0.605. The van der Waals surface area contributed by atoms with E-state index in [4.69, 9.17) is 9.90 Å². The summed E-state index contributed by atoms with van der Waals surface area (Å²) >= 11 is 0. The molecule has 170 valence electrons. The number of amides is 1. The van der Waals surface area contributed by atoms with E-state index in [1.165, 1.54) is 6.07 Å². The number of halogens is 6. The van der Waals surface area contributed by atoms with Crippen molar-refractivity contribution in [2.45, 2.75) is 44.2 Å². The Morgan fingerprint density at radius 2 is 1.87 bits per heavy atom. The van der Waals surface area contributed by atoms with Gasteiger partial charge in [-0.25, -0.2) is 9.78 Å². The molecule has 0 bridgehead atoms. The van der Waals surface area contributed by atoms with Crippen LogP contribution in [0.15, 0.2) is 12.1 Å². The molecule has 30 heavy (non-hydrogen) atoms. The molecule has 3 N–H and O–H groups in total. The van der Waals surface area contributed by atoms with Crippen molar-refractivity contribution >= 4 is 17.7 Å². The molecule has 0 saturated carbocycles. The maximum atomic E-state index is 12.8. The van der Waals surface area contributed by atoms with Crippen molar-refractivity contribution in [3.63, 3.8) is 0 Å². The summed E-state index contributed by atoms with van der Waals surface area (Å²) in [5.41, 5.74) is -0.213. The van der Waals surface area contributed by atoms with Crippen molar-refractivity contribution in [2.24, 2.45) is 0 Å². The van der Waals surface area contributed by atoms with Gasteiger partial charge in [0, 0.05) is 45.2 Å². The van der Waals surface area contributed by atoms with E-state index in [9.17, 15) is 31.1 Å². The summed E-state index contributed by atoms with van der Waals surface area (Å²) in [5.74, 6) is -2.42. The van der Waals surface area contributed by atoms with Crippen LogP contribution in [0.3, 0.4) is 0 Å². The van der Waals surface area contributed by atoms with Gasteiger partial charge in [0.15, 0.2) is 0 Å². The standard InChI is InChI=1S/C15H21F3N4O.C2HF3O2/c1-22(2)14-10(6-7-12(21-14)15(16,17)18)8-19-9-11-4-3-5-13(23)20-11;3-2(4,5)1(6)7/h6-7,11,19H,3-5,8-9H2,1-2H3,(H,20,23);(H,6,7)/t11-;/m1./s1. The van der Waals surface area contributed by atoms with Gasteiger partial charge in [0.1, 0.15) is 11.5 Å². The van der Waals surface area contributed by atoms with Crippen molar-refractivity contribution in [2.75, 3.05) is 25.5 Å². The molecule has 1 aromatic rings. The number of hydrogen-bond acceptors (Lipinski definition) is 5. The lowest BCUT2D eigenvalue weighted by Crippen LogP contribution is -2.44. The summed E-state index contributed by atoms with van der Waals surface area (Å²) < 4.78 is 70.0. The second-order valence-electron chi connectivity index (χ2n) is 6.66. The minimum Gasteiger partial charge on any atom is -0.475 e. The minimum absolute atomic E-state index is 0.0493. The predicted octanol–water partition coefficient (Wildman–Crippen LogP) is 2.56. The summed E-state index contributed by atoms with van der Waals surface area (Å²) in [6, 6.07) is 2.51. The number of rotatable bonds is 5. The Kier molecular flexibility index (Phi) is 8.88. The van der Waals surface area contributed by atoms with E-state index in [0.717, 1.165) is 18.9 Å². The average Bonchev–Trinajstić information content (AvgIpc) is 2.60. The maximum Gasteiger partial charge on any atom is 0.490 e. The van der Waals surface area contributed by atoms with E-state index in [1.54, 1.807) is 19.0 Å². The van der Waals surface area contributed by atoms with Crippen molar-refractivity contribution in [1.82, 2.24) is 15.6 Å². The molecule has 0 unspecified atom stereocenters. The second kappa shape index (κ2) is 10.5. The zero-order valence-electron chi connectivity index (χ0n) is 16.2. The molecule has 1 aromatic heterocycles. The number of carboxylic acids is 1. The Bertz CT molecular complexity index is 737. The Balaban J connectivity index is 0.000000553. The maximum absolute atomic E-state index is 12.8. The van der Waals surface area contributed by atoms with Crippen molar-refractivity contribution in [1.29, 1.82) is 0 Å². The van der Waals surface area contributed by atoms with Crippen LogP contribution in [-0.2, 0) is 22.3 Å². The highest BCUT2D eigenvalue weighted by molar-refractivity contribution is 5.77. The second-order valence-corrected chi connectivity index (χ2v) is 6.66. The van der Waals surface area contributed by atoms with Crippen LogP contribution < -0.4 is 15.5 Å². The minimum atomic E-state index is -5.08. The summed E-state index contributed by atoms with van der Waals surface area (Å²) in [7, 11) is 3.32. The van der Waals surface area contributed by atoms with Gasteiger partial charge in [-0.05, 0) is 18.9 Å². The number of pyridine rings is 1. The molecule has 0 aromatic carbocycles. The lowest BCUT2D eigenvalue weighted by atomic mass is 10.0. The summed E-state index contributed by atoms with van der Waals surface area (Å²) in [6.45, 7) is 0.977. The number of anilines is 1. The molecule has 1 amide bonds. The zero-order valence-corrected chi connectivity index (χ0v) is 16.2. The van der Waals surface area contributed by atoms with E-state index in [2.05, 4.69) is 15.6 Å². The first-order chi connectivity index (χ1) is 13.7. The fourth-order valence-corrected chi connectivity index (χ4v) is 2.58. The number of carbonyl (C=O) groups is 2. The molecular formula is C17H22F6N4O3. The zero-order chi connectivity index (χ0) is 23.1. The SMILES string of the molecule is CN(C)c1nc(C(F)(F)F)ccc1CNC[C@H]1CCCC(=O)N1.O=C(O)C(F)(F)F. The normalized spacial score (nSPS) is 16.9. The first kappa shape index (κ1) is 25.5. The molecule has 0 radical (unpaired) electrons. The fraction of sp³-hybridized carbons (Fsp3) is 0.588. The average molecular weight is 444 g/mol. The first-order valence-corrected chi connectivity index (χ1v) is 8.76. The molecule has 2 rings (SSSR count). The number of alkyl halides is 6. The fourth-order valence-electron chi connectivity index (χ4n) is 2.58. The topological polar surface area (TPSA) is 94.6 Å². The molecular weight excluding hydrogens is 422 g/mol. The molecule has 2 heterocycles. The Hall–Kier alpha value is -2.57. The number of nitrogens with one attached hydrogen (secondary N) is 2. The Morgan fingerprint density at radius 3 is 2.33 bits per heavy atom. The van der Waals surface area contributed by atoms with Crippen LogP contribution in [0.4, 0.5) is 32.2 Å². The molecule has 1 saturated heterocycles. The van der Waals surface area contributed by atoms with Crippen LogP contribution in [0.1, 0.15) is 30.5 Å². The number of hydrogen-bond donors (Lipinski definition) is 3. The predicted molar refractivity (Wildman–Crippen MR) is 94.7 cm³/mol. The van der Waals surface area contributed by atoms with E-state index < -0.39 is 24.0 Å². The van der Waals surface area contributed by atoms with E-state index in [1.807, 2.05) is 0 Å². The number of piperidine rings is 1. The van der Waals surface area contributed by atoms with Crippen LogP contribution in [0.5, 0.6) is 0 Å². The Labute approximate surface area is 168 Å². The monoisotopic (exact) mass is 444 g/mol. The molecule has 0 aliphatic carbocycles. The van der Waals surface area contributed by atoms with Gasteiger partial charge in [0.05, 0.1) is 0 Å². The number of aliphatic carboxylic acids is 1. The summed E-state index contributed by atoms with van der Waals surface area (Å²) in [6.07, 6.45) is -7.21. The van der Waals surface area contributed by atoms with Gasteiger partial charge in [0.25, 0.3) is 0 Å². The molecule has 7 nitrogen and oxygen atoms in total. The van der Waals surface area contributed by atoms with Crippen LogP contribution >= 0.6 is 0 Å². The number of carbonyl (C=O) groups excluding carboxylic acids is 1. The molecule has 13 heteroatoms. The van der Waals surface area contributed by atoms with Crippen molar-refractivity contribution in [3.8, 4) is 0 Å². The molecule has 1 fully saturated rings. The van der Waals surface area contributed by atoms with Crippen LogP contribution in [-0.4, -0.2) is 54.8 Å². The van der Waals surface area contributed by atoms with E-state index in [0.29, 0.717) is 30.9 Å². The third-order valence-electron chi connectivity index (χ3n) is 3.94. The number of aromatic nitrogens is 1. The van der Waals surface area contributed by atoms with Crippen LogP contribution in [0.25, 0.3) is 0 Å². The van der Waals surface area contributed by atoms with E-state index >= 15 is 0 Å². The van der Waals surface area contributed by atoms with Gasteiger partial charge < -0.3 is 20.6 Å². The highest BCUT2D eigenvalue weighted by atomic mass is 19.4. The first-order valence-electron chi connectivity index (χ1n) is 8.76. The van der Waals surface area contributed by atoms with Crippen LogP contribution in [0, 0.1) is 0 Å². The van der Waals surface area contributed by atoms with Crippen molar-refractivity contribution in [3.05, 3.63) is 23.4 Å². The van der Waals surface area contributed by atoms with Gasteiger partial charge in [-0.2, -0.15) is 26.3 Å². The van der Waals surface area contributed by atoms with Gasteiger partial charge in [-0.3, -0.25) is 4.79 Å². The largest absolute Gasteiger partial charge is 0.490 e. The molecule has 0 spiro atoms. The van der Waals surface area contributed by atoms with Crippen LogP contribution in [0.2, 0.25) is 0 Å². The third kappa shape index (κ3) is 8.43. The molecule has 1 aliphatic rings. The summed E-state index contributed by atoms with van der Waals surface area (Å²) in [5, 5.41) is 13.2. The highest BCUT2D eigenvalue weighted by Crippen LogP contribution is 2.30. The van der Waals surface area contributed by atoms with Gasteiger partial charge >= 0.3 is 18.3 Å². The number of nitrogens with zero attached hydrogens (tertiary/aromatic N) is 2. The van der Waals surface area contributed by atoms with E-state index in [-0.39, 0.29) is 11.9 Å². The summed E-state index contributed by atoms with van der Waals surface area (Å²) in [4.78, 5) is 25.5. The lowest BCUT2D eigenvalue weighted by Gasteiger charge is -2.24. The lowest BCUT2D eigenvalue weighted by molar-refractivity contribution is -0.192. The van der Waals surface area contributed by atoms with Crippen molar-refractivity contribution < 1.29 is 41.0 Å². The smallest absolute Gasteiger partial charge is 0.475 e. The third-order valence-corrected chi connectivity index (χ3v) is 3.94. The van der Waals surface area contributed by atoms with Gasteiger partial charge in [-0.15, -0.1) is 0 Å². The highest BCUT2D eigenvalue weighted by Gasteiger charge is 2.38. The Morgan fingerprint density at radius 1 is 1.27 bits per heavy atom. The van der Waals surface area contributed by atoms with Gasteiger partial charge in [0.2, 0.25) is 5.91 Å². The van der Waals surface area contributed by atoms with Gasteiger partial charge in [-0.1, -0.05) is 6.07 Å². The molecule has 1 atom stereocenters. The molecule has 1 aliphatic heterocycles.